The molecule has 3 aromatic rings. The third-order valence-corrected chi connectivity index (χ3v) is 4.12. The summed E-state index contributed by atoms with van der Waals surface area (Å²) >= 11 is 12.3. The van der Waals surface area contributed by atoms with E-state index in [1.54, 1.807) is 25.1 Å². The molecule has 116 valence electrons. The highest BCUT2D eigenvalue weighted by molar-refractivity contribution is 6.35. The molecule has 4 nitrogen and oxygen atoms in total. The molecule has 0 atom stereocenters. The first-order valence-electron chi connectivity index (χ1n) is 6.77. The first-order valence-corrected chi connectivity index (χ1v) is 7.52. The van der Waals surface area contributed by atoms with Crippen molar-refractivity contribution >= 4 is 39.7 Å². The molecule has 0 aromatic heterocycles. The summed E-state index contributed by atoms with van der Waals surface area (Å²) in [5.74, 6) is 0.947. The summed E-state index contributed by atoms with van der Waals surface area (Å²) in [5, 5.41) is 13.5. The van der Waals surface area contributed by atoms with Gasteiger partial charge in [-0.25, -0.2) is 0 Å². The Bertz CT molecular complexity index is 925. The number of fused-ring (bicyclic) bond motifs is 1. The lowest BCUT2D eigenvalue weighted by Crippen LogP contribution is -1.94. The predicted molar refractivity (Wildman–Crippen MR) is 91.9 cm³/mol. The fraction of sp³-hybridized carbons (Fsp3) is 0.0588. The minimum atomic E-state index is -0.470. The van der Waals surface area contributed by atoms with Crippen molar-refractivity contribution in [2.24, 2.45) is 0 Å². The first kappa shape index (κ1) is 15.6. The van der Waals surface area contributed by atoms with Crippen LogP contribution >= 0.6 is 23.2 Å². The molecule has 0 amide bonds. The van der Waals surface area contributed by atoms with Gasteiger partial charge in [0.05, 0.1) is 9.95 Å². The van der Waals surface area contributed by atoms with E-state index in [4.69, 9.17) is 27.9 Å². The zero-order chi connectivity index (χ0) is 16.6. The molecule has 0 aliphatic heterocycles. The molecule has 3 aromatic carbocycles. The highest BCUT2D eigenvalue weighted by atomic mass is 35.5. The third kappa shape index (κ3) is 2.96. The lowest BCUT2D eigenvalue weighted by atomic mass is 10.1. The van der Waals surface area contributed by atoms with E-state index in [0.29, 0.717) is 22.1 Å². The number of nitro groups is 1. The molecular formula is C17H11Cl2NO3. The van der Waals surface area contributed by atoms with Gasteiger partial charge in [0.2, 0.25) is 0 Å². The number of aryl methyl sites for hydroxylation is 1. The lowest BCUT2D eigenvalue weighted by Gasteiger charge is -2.12. The van der Waals surface area contributed by atoms with Crippen LogP contribution < -0.4 is 4.74 Å². The van der Waals surface area contributed by atoms with Crippen molar-refractivity contribution in [3.8, 4) is 11.5 Å². The standard InChI is InChI=1S/C17H11Cl2NO3/c1-10-8-17(14(19)9-15(10)20(21)22)23-16-7-6-13(18)11-4-2-3-5-12(11)16/h2-9H,1H3. The quantitative estimate of drug-likeness (QED) is 0.421. The number of nitro benzene ring substituents is 1. The van der Waals surface area contributed by atoms with E-state index in [-0.39, 0.29) is 10.7 Å². The molecule has 0 fully saturated rings. The van der Waals surface area contributed by atoms with Crippen molar-refractivity contribution in [1.82, 2.24) is 0 Å². The normalized spacial score (nSPS) is 10.7. The highest BCUT2D eigenvalue weighted by Gasteiger charge is 2.16. The van der Waals surface area contributed by atoms with Crippen molar-refractivity contribution in [3.63, 3.8) is 0 Å². The van der Waals surface area contributed by atoms with E-state index < -0.39 is 4.92 Å². The van der Waals surface area contributed by atoms with Gasteiger partial charge in [0.1, 0.15) is 11.5 Å². The maximum absolute atomic E-state index is 10.9. The zero-order valence-corrected chi connectivity index (χ0v) is 13.6. The van der Waals surface area contributed by atoms with Gasteiger partial charge in [-0.1, -0.05) is 47.5 Å². The minimum Gasteiger partial charge on any atom is -0.455 e. The van der Waals surface area contributed by atoms with E-state index in [2.05, 4.69) is 0 Å². The summed E-state index contributed by atoms with van der Waals surface area (Å²) in [7, 11) is 0. The Balaban J connectivity index is 2.08. The molecule has 23 heavy (non-hydrogen) atoms. The van der Waals surface area contributed by atoms with Crippen molar-refractivity contribution in [2.45, 2.75) is 6.92 Å². The van der Waals surface area contributed by atoms with Crippen molar-refractivity contribution < 1.29 is 9.66 Å². The molecular weight excluding hydrogens is 337 g/mol. The van der Waals surface area contributed by atoms with E-state index >= 15 is 0 Å². The predicted octanol–water partition coefficient (Wildman–Crippen LogP) is 6.16. The van der Waals surface area contributed by atoms with Gasteiger partial charge in [-0.2, -0.15) is 0 Å². The van der Waals surface area contributed by atoms with E-state index in [1.807, 2.05) is 24.3 Å². The van der Waals surface area contributed by atoms with Gasteiger partial charge in [-0.15, -0.1) is 0 Å². The highest BCUT2D eigenvalue weighted by Crippen LogP contribution is 2.38. The number of ether oxygens (including phenoxy) is 1. The molecule has 6 heteroatoms. The molecule has 0 aliphatic carbocycles. The summed E-state index contributed by atoms with van der Waals surface area (Å²) in [6.45, 7) is 1.64. The van der Waals surface area contributed by atoms with Crippen LogP contribution in [0.15, 0.2) is 48.5 Å². The monoisotopic (exact) mass is 347 g/mol. The molecule has 0 heterocycles. The topological polar surface area (TPSA) is 52.4 Å². The SMILES string of the molecule is Cc1cc(Oc2ccc(Cl)c3ccccc23)c(Cl)cc1[N+](=O)[O-]. The molecule has 0 radical (unpaired) electrons. The summed E-state index contributed by atoms with van der Waals surface area (Å²) in [6, 6.07) is 13.9. The average molecular weight is 348 g/mol. The molecule has 0 spiro atoms. The van der Waals surface area contributed by atoms with Crippen LogP contribution in [0, 0.1) is 17.0 Å². The Kier molecular flexibility index (Phi) is 4.11. The van der Waals surface area contributed by atoms with Gasteiger partial charge >= 0.3 is 0 Å². The second-order valence-corrected chi connectivity index (χ2v) is 5.83. The fourth-order valence-corrected chi connectivity index (χ4v) is 2.79. The van der Waals surface area contributed by atoms with E-state index in [9.17, 15) is 10.1 Å². The number of rotatable bonds is 3. The summed E-state index contributed by atoms with van der Waals surface area (Å²) in [4.78, 5) is 10.5. The largest absolute Gasteiger partial charge is 0.455 e. The number of nitrogens with zero attached hydrogens (tertiary/aromatic N) is 1. The second-order valence-electron chi connectivity index (χ2n) is 5.02. The smallest absolute Gasteiger partial charge is 0.274 e. The zero-order valence-electron chi connectivity index (χ0n) is 12.0. The van der Waals surface area contributed by atoms with E-state index in [1.165, 1.54) is 6.07 Å². The summed E-state index contributed by atoms with van der Waals surface area (Å²) < 4.78 is 5.88. The Labute approximate surface area is 142 Å². The summed E-state index contributed by atoms with van der Waals surface area (Å²) in [5.41, 5.74) is 0.441. The third-order valence-electron chi connectivity index (χ3n) is 3.50. The number of hydrogen-bond acceptors (Lipinski definition) is 3. The molecule has 3 rings (SSSR count). The maximum Gasteiger partial charge on any atom is 0.274 e. The Morgan fingerprint density at radius 1 is 0.957 bits per heavy atom. The second kappa shape index (κ2) is 6.07. The van der Waals surface area contributed by atoms with Gasteiger partial charge < -0.3 is 4.74 Å². The van der Waals surface area contributed by atoms with Crippen molar-refractivity contribution in [3.05, 3.63) is 74.3 Å². The van der Waals surface area contributed by atoms with Crippen molar-refractivity contribution in [1.29, 1.82) is 0 Å². The van der Waals surface area contributed by atoms with Gasteiger partial charge in [0.25, 0.3) is 5.69 Å². The van der Waals surface area contributed by atoms with Crippen LogP contribution in [0.3, 0.4) is 0 Å². The minimum absolute atomic E-state index is 0.0386. The van der Waals surface area contributed by atoms with Gasteiger partial charge in [0, 0.05) is 27.4 Å². The van der Waals surface area contributed by atoms with Crippen LogP contribution in [0.4, 0.5) is 5.69 Å². The van der Waals surface area contributed by atoms with Crippen LogP contribution in [-0.4, -0.2) is 4.92 Å². The lowest BCUT2D eigenvalue weighted by molar-refractivity contribution is -0.385. The van der Waals surface area contributed by atoms with Gasteiger partial charge in [0.15, 0.2) is 0 Å². The van der Waals surface area contributed by atoms with Crippen LogP contribution in [0.2, 0.25) is 10.0 Å². The first-order chi connectivity index (χ1) is 11.0. The Hall–Kier alpha value is -2.30. The Morgan fingerprint density at radius 2 is 1.65 bits per heavy atom. The molecule has 0 unspecified atom stereocenters. The summed E-state index contributed by atoms with van der Waals surface area (Å²) in [6.07, 6.45) is 0. The van der Waals surface area contributed by atoms with Crippen LogP contribution in [-0.2, 0) is 0 Å². The molecule has 0 saturated carbocycles. The van der Waals surface area contributed by atoms with Crippen molar-refractivity contribution in [2.75, 3.05) is 0 Å². The van der Waals surface area contributed by atoms with E-state index in [0.717, 1.165) is 10.8 Å². The average Bonchev–Trinajstić information content (AvgIpc) is 2.53. The van der Waals surface area contributed by atoms with Crippen LogP contribution in [0.1, 0.15) is 5.56 Å². The fourth-order valence-electron chi connectivity index (χ4n) is 2.36. The Morgan fingerprint density at radius 3 is 2.35 bits per heavy atom. The molecule has 0 bridgehead atoms. The molecule has 0 saturated heterocycles. The molecule has 0 aliphatic rings. The number of halogens is 2. The van der Waals surface area contributed by atoms with Gasteiger partial charge in [-0.3, -0.25) is 10.1 Å². The van der Waals surface area contributed by atoms with Crippen LogP contribution in [0.5, 0.6) is 11.5 Å². The number of hydrogen-bond donors (Lipinski definition) is 0. The van der Waals surface area contributed by atoms with Gasteiger partial charge in [-0.05, 0) is 25.1 Å². The number of benzene rings is 3. The van der Waals surface area contributed by atoms with Crippen LogP contribution in [0.25, 0.3) is 10.8 Å². The molecule has 0 N–H and O–H groups in total. The maximum atomic E-state index is 10.9.